The number of hydrogen-bond acceptors (Lipinski definition) is 6. The molecule has 9 heteroatoms. The number of aromatic nitrogens is 2. The van der Waals surface area contributed by atoms with Crippen LogP contribution in [0.3, 0.4) is 0 Å². The summed E-state index contributed by atoms with van der Waals surface area (Å²) in [5.74, 6) is -0.968. The number of nitrogens with zero attached hydrogens (tertiary/aromatic N) is 2. The van der Waals surface area contributed by atoms with Crippen molar-refractivity contribution >= 4 is 21.8 Å². The Morgan fingerprint density at radius 3 is 2.50 bits per heavy atom. The van der Waals surface area contributed by atoms with Gasteiger partial charge in [-0.25, -0.2) is 18.2 Å². The van der Waals surface area contributed by atoms with Crippen molar-refractivity contribution in [3.63, 3.8) is 0 Å². The van der Waals surface area contributed by atoms with E-state index in [-0.39, 0.29) is 27.7 Å². The Kier molecular flexibility index (Phi) is 3.45. The summed E-state index contributed by atoms with van der Waals surface area (Å²) >= 11 is 0. The molecule has 0 aliphatic rings. The standard InChI is InChI=1S/C11H11N3O5S/c1-6-10(7(2)19-13-6)20(17,18)14-9-4-3-8(5-12-9)11(15)16/h3-5H,1-2H3,(H,12,14)(H,15,16). The van der Waals surface area contributed by atoms with E-state index in [1.807, 2.05) is 0 Å². The smallest absolute Gasteiger partial charge is 0.337 e. The molecule has 0 saturated carbocycles. The van der Waals surface area contributed by atoms with Gasteiger partial charge in [0.05, 0.1) is 5.56 Å². The molecule has 2 aromatic heterocycles. The largest absolute Gasteiger partial charge is 0.478 e. The Morgan fingerprint density at radius 2 is 2.05 bits per heavy atom. The van der Waals surface area contributed by atoms with Gasteiger partial charge in [-0.1, -0.05) is 5.16 Å². The summed E-state index contributed by atoms with van der Waals surface area (Å²) in [4.78, 5) is 14.4. The molecule has 2 heterocycles. The van der Waals surface area contributed by atoms with Crippen molar-refractivity contribution in [2.45, 2.75) is 18.7 Å². The van der Waals surface area contributed by atoms with E-state index in [1.54, 1.807) is 0 Å². The number of rotatable bonds is 4. The first-order valence-corrected chi connectivity index (χ1v) is 6.94. The zero-order valence-electron chi connectivity index (χ0n) is 10.6. The second-order valence-corrected chi connectivity index (χ2v) is 5.62. The number of nitrogens with one attached hydrogen (secondary N) is 1. The second kappa shape index (κ2) is 4.93. The van der Waals surface area contributed by atoms with E-state index in [0.29, 0.717) is 0 Å². The molecule has 0 spiro atoms. The number of anilines is 1. The zero-order chi connectivity index (χ0) is 14.9. The van der Waals surface area contributed by atoms with Gasteiger partial charge >= 0.3 is 5.97 Å². The first-order valence-electron chi connectivity index (χ1n) is 5.46. The van der Waals surface area contributed by atoms with Gasteiger partial charge in [0.1, 0.15) is 11.5 Å². The molecule has 20 heavy (non-hydrogen) atoms. The average Bonchev–Trinajstić information content (AvgIpc) is 2.69. The van der Waals surface area contributed by atoms with Crippen molar-refractivity contribution in [1.29, 1.82) is 0 Å². The van der Waals surface area contributed by atoms with E-state index in [2.05, 4.69) is 14.9 Å². The molecular formula is C11H11N3O5S. The number of hydrogen-bond donors (Lipinski definition) is 2. The minimum absolute atomic E-state index is 0.00926. The van der Waals surface area contributed by atoms with Crippen LogP contribution in [0.2, 0.25) is 0 Å². The van der Waals surface area contributed by atoms with Crippen molar-refractivity contribution in [2.24, 2.45) is 0 Å². The Morgan fingerprint density at radius 1 is 1.35 bits per heavy atom. The molecule has 0 amide bonds. The van der Waals surface area contributed by atoms with E-state index in [9.17, 15) is 13.2 Å². The van der Waals surface area contributed by atoms with Gasteiger partial charge in [0, 0.05) is 6.20 Å². The quantitative estimate of drug-likeness (QED) is 0.868. The topological polar surface area (TPSA) is 122 Å². The highest BCUT2D eigenvalue weighted by atomic mass is 32.2. The second-order valence-electron chi connectivity index (χ2n) is 4.00. The fourth-order valence-electron chi connectivity index (χ4n) is 1.63. The number of aryl methyl sites for hydroxylation is 2. The zero-order valence-corrected chi connectivity index (χ0v) is 11.4. The number of sulfonamides is 1. The van der Waals surface area contributed by atoms with E-state index in [0.717, 1.165) is 6.20 Å². The van der Waals surface area contributed by atoms with E-state index >= 15 is 0 Å². The van der Waals surface area contributed by atoms with Crippen LogP contribution < -0.4 is 4.72 Å². The van der Waals surface area contributed by atoms with Crippen LogP contribution in [0, 0.1) is 13.8 Å². The fourth-order valence-corrected chi connectivity index (χ4v) is 2.97. The molecule has 2 rings (SSSR count). The third-order valence-electron chi connectivity index (χ3n) is 2.49. The van der Waals surface area contributed by atoms with Crippen LogP contribution in [0.1, 0.15) is 21.8 Å². The van der Waals surface area contributed by atoms with Gasteiger partial charge in [0.25, 0.3) is 10.0 Å². The summed E-state index contributed by atoms with van der Waals surface area (Å²) in [6.07, 6.45) is 1.06. The summed E-state index contributed by atoms with van der Waals surface area (Å²) in [5.41, 5.74) is 0.197. The van der Waals surface area contributed by atoms with Crippen molar-refractivity contribution in [1.82, 2.24) is 10.1 Å². The minimum atomic E-state index is -3.88. The van der Waals surface area contributed by atoms with Crippen molar-refractivity contribution in [3.05, 3.63) is 35.3 Å². The van der Waals surface area contributed by atoms with Crippen molar-refractivity contribution < 1.29 is 22.8 Å². The molecule has 106 valence electrons. The first-order chi connectivity index (χ1) is 9.31. The van der Waals surface area contributed by atoms with E-state index < -0.39 is 16.0 Å². The molecule has 0 atom stereocenters. The van der Waals surface area contributed by atoms with Crippen molar-refractivity contribution in [2.75, 3.05) is 4.72 Å². The maximum Gasteiger partial charge on any atom is 0.337 e. The monoisotopic (exact) mass is 297 g/mol. The van der Waals surface area contributed by atoms with Crippen LogP contribution in [-0.4, -0.2) is 29.6 Å². The highest BCUT2D eigenvalue weighted by Gasteiger charge is 2.24. The molecule has 0 aliphatic heterocycles. The van der Waals surface area contributed by atoms with E-state index in [4.69, 9.17) is 9.63 Å². The first kappa shape index (κ1) is 14.0. The predicted molar refractivity (Wildman–Crippen MR) is 68.0 cm³/mol. The Hall–Kier alpha value is -2.42. The van der Waals surface area contributed by atoms with Crippen molar-refractivity contribution in [3.8, 4) is 0 Å². The van der Waals surface area contributed by atoms with Gasteiger partial charge in [-0.3, -0.25) is 4.72 Å². The maximum absolute atomic E-state index is 12.2. The van der Waals surface area contributed by atoms with Crippen LogP contribution in [0.15, 0.2) is 27.7 Å². The number of pyridine rings is 1. The lowest BCUT2D eigenvalue weighted by Crippen LogP contribution is -2.15. The molecule has 2 N–H and O–H groups in total. The maximum atomic E-state index is 12.2. The van der Waals surface area contributed by atoms with Gasteiger partial charge < -0.3 is 9.63 Å². The molecule has 8 nitrogen and oxygen atoms in total. The predicted octanol–water partition coefficient (Wildman–Crippen LogP) is 1.19. The SMILES string of the molecule is Cc1noc(C)c1S(=O)(=O)Nc1ccc(C(=O)O)cn1. The van der Waals surface area contributed by atoms with Gasteiger partial charge in [0.15, 0.2) is 10.7 Å². The normalized spacial score (nSPS) is 11.3. The molecule has 0 saturated heterocycles. The summed E-state index contributed by atoms with van der Waals surface area (Å²) in [6.45, 7) is 2.99. The Bertz CT molecular complexity index is 729. The number of carboxylic acid groups (broad SMARTS) is 1. The van der Waals surface area contributed by atoms with E-state index in [1.165, 1.54) is 26.0 Å². The Labute approximate surface area is 114 Å². The van der Waals surface area contributed by atoms with Crippen LogP contribution >= 0.6 is 0 Å². The average molecular weight is 297 g/mol. The molecule has 0 radical (unpaired) electrons. The number of carboxylic acids is 1. The van der Waals surface area contributed by atoms with Gasteiger partial charge in [-0.05, 0) is 26.0 Å². The lowest BCUT2D eigenvalue weighted by molar-refractivity contribution is 0.0696. The lowest BCUT2D eigenvalue weighted by Gasteiger charge is -2.06. The van der Waals surface area contributed by atoms with Crippen LogP contribution in [0.25, 0.3) is 0 Å². The summed E-state index contributed by atoms with van der Waals surface area (Å²) in [6, 6.07) is 2.51. The van der Waals surface area contributed by atoms with Crippen LogP contribution in [-0.2, 0) is 10.0 Å². The number of aromatic carboxylic acids is 1. The summed E-state index contributed by atoms with van der Waals surface area (Å²) < 4.78 is 31.4. The van der Waals surface area contributed by atoms with Gasteiger partial charge in [-0.2, -0.15) is 0 Å². The van der Waals surface area contributed by atoms with Gasteiger partial charge in [0.2, 0.25) is 0 Å². The van der Waals surface area contributed by atoms with Gasteiger partial charge in [-0.15, -0.1) is 0 Å². The summed E-state index contributed by atoms with van der Waals surface area (Å²) in [5, 5.41) is 12.3. The fraction of sp³-hybridized carbons (Fsp3) is 0.182. The van der Waals surface area contributed by atoms with Crippen LogP contribution in [0.4, 0.5) is 5.82 Å². The minimum Gasteiger partial charge on any atom is -0.478 e. The third kappa shape index (κ3) is 2.62. The molecule has 0 aromatic carbocycles. The molecule has 0 bridgehead atoms. The lowest BCUT2D eigenvalue weighted by atomic mass is 10.3. The molecule has 0 fully saturated rings. The molecule has 0 aliphatic carbocycles. The summed E-state index contributed by atoms with van der Waals surface area (Å²) in [7, 11) is -3.88. The third-order valence-corrected chi connectivity index (χ3v) is 4.08. The molecule has 0 unspecified atom stereocenters. The highest BCUT2D eigenvalue weighted by Crippen LogP contribution is 2.21. The van der Waals surface area contributed by atoms with Crippen LogP contribution in [0.5, 0.6) is 0 Å². The Balaban J connectivity index is 2.31. The molecular weight excluding hydrogens is 286 g/mol. The highest BCUT2D eigenvalue weighted by molar-refractivity contribution is 7.92. The molecule has 2 aromatic rings. The number of carbonyl (C=O) groups is 1.